The van der Waals surface area contributed by atoms with E-state index in [2.05, 4.69) is 5.32 Å². The van der Waals surface area contributed by atoms with Crippen LogP contribution in [0.5, 0.6) is 0 Å². The Balaban J connectivity index is 2.01. The lowest BCUT2D eigenvalue weighted by molar-refractivity contribution is -0.116. The molecule has 1 N–H and O–H groups in total. The summed E-state index contributed by atoms with van der Waals surface area (Å²) >= 11 is 0. The van der Waals surface area contributed by atoms with Gasteiger partial charge in [0.05, 0.1) is 6.26 Å². The molecule has 0 aromatic heterocycles. The number of nitrogens with one attached hydrogen (secondary N) is 1. The van der Waals surface area contributed by atoms with Gasteiger partial charge in [-0.15, -0.1) is 0 Å². The van der Waals surface area contributed by atoms with Gasteiger partial charge in [-0.05, 0) is 25.0 Å². The lowest BCUT2D eigenvalue weighted by Gasteiger charge is -2.28. The maximum absolute atomic E-state index is 13.6. The number of sulfonamides is 1. The Morgan fingerprint density at radius 3 is 2.24 bits per heavy atom. The number of hydrogen-bond acceptors (Lipinski definition) is 3. The summed E-state index contributed by atoms with van der Waals surface area (Å²) in [5.41, 5.74) is -0.507. The van der Waals surface area contributed by atoms with E-state index in [4.69, 9.17) is 0 Å². The summed E-state index contributed by atoms with van der Waals surface area (Å²) in [6.45, 7) is 0.00536. The molecule has 0 radical (unpaired) electrons. The fraction of sp³-hybridized carbons (Fsp3) is 0.588. The van der Waals surface area contributed by atoms with Gasteiger partial charge in [0.15, 0.2) is 0 Å². The molecular formula is C17H24F2N2O3S. The fourth-order valence-electron chi connectivity index (χ4n) is 3.20. The molecule has 0 bridgehead atoms. The van der Waals surface area contributed by atoms with Crippen molar-refractivity contribution in [3.63, 3.8) is 0 Å². The van der Waals surface area contributed by atoms with Crippen LogP contribution in [0.2, 0.25) is 0 Å². The Hall–Kier alpha value is -1.54. The molecule has 2 rings (SSSR count). The SMILES string of the molecule is CS(=O)(=O)N(CCC(=O)Nc1c(F)cccc1F)C1CCCCCC1. The average Bonchev–Trinajstić information content (AvgIpc) is 2.79. The standard InChI is InChI=1S/C17H24F2N2O3S/c1-25(23,24)21(13-7-4-2-3-5-8-13)12-11-16(22)20-17-14(18)9-6-10-15(17)19/h6,9-10,13H,2-5,7-8,11-12H2,1H3,(H,20,22). The van der Waals surface area contributed by atoms with E-state index in [-0.39, 0.29) is 19.0 Å². The fourth-order valence-corrected chi connectivity index (χ4v) is 4.37. The number of anilines is 1. The molecule has 1 aliphatic carbocycles. The van der Waals surface area contributed by atoms with Gasteiger partial charge in [-0.2, -0.15) is 4.31 Å². The highest BCUT2D eigenvalue weighted by molar-refractivity contribution is 7.88. The molecule has 0 spiro atoms. The number of carbonyl (C=O) groups is 1. The summed E-state index contributed by atoms with van der Waals surface area (Å²) in [4.78, 5) is 12.0. The summed E-state index contributed by atoms with van der Waals surface area (Å²) in [5.74, 6) is -2.35. The molecule has 5 nitrogen and oxygen atoms in total. The number of rotatable bonds is 6. The highest BCUT2D eigenvalue weighted by Gasteiger charge is 2.27. The zero-order chi connectivity index (χ0) is 18.4. The monoisotopic (exact) mass is 374 g/mol. The van der Waals surface area contributed by atoms with E-state index in [0.717, 1.165) is 56.9 Å². The first-order chi connectivity index (χ1) is 11.8. The zero-order valence-electron chi connectivity index (χ0n) is 14.3. The van der Waals surface area contributed by atoms with Gasteiger partial charge in [-0.1, -0.05) is 31.7 Å². The van der Waals surface area contributed by atoms with Crippen molar-refractivity contribution in [3.8, 4) is 0 Å². The van der Waals surface area contributed by atoms with Gasteiger partial charge in [0.1, 0.15) is 17.3 Å². The topological polar surface area (TPSA) is 66.5 Å². The summed E-state index contributed by atoms with van der Waals surface area (Å²) in [6, 6.07) is 3.19. The van der Waals surface area contributed by atoms with E-state index in [1.165, 1.54) is 10.4 Å². The minimum atomic E-state index is -3.46. The second kappa shape index (κ2) is 8.71. The molecule has 0 unspecified atom stereocenters. The highest BCUT2D eigenvalue weighted by atomic mass is 32.2. The summed E-state index contributed by atoms with van der Waals surface area (Å²) in [5, 5.41) is 2.19. The first kappa shape index (κ1) is 19.8. The van der Waals surface area contributed by atoms with E-state index >= 15 is 0 Å². The molecule has 0 aliphatic heterocycles. The van der Waals surface area contributed by atoms with E-state index in [0.29, 0.717) is 0 Å². The maximum atomic E-state index is 13.6. The molecule has 0 heterocycles. The van der Waals surface area contributed by atoms with Crippen LogP contribution in [0, 0.1) is 11.6 Å². The van der Waals surface area contributed by atoms with Gasteiger partial charge < -0.3 is 5.32 Å². The minimum absolute atomic E-state index is 0.00536. The van der Waals surface area contributed by atoms with E-state index in [9.17, 15) is 22.0 Å². The summed E-state index contributed by atoms with van der Waals surface area (Å²) in [7, 11) is -3.46. The molecule has 1 aliphatic rings. The van der Waals surface area contributed by atoms with Crippen LogP contribution < -0.4 is 5.32 Å². The van der Waals surface area contributed by atoms with Crippen molar-refractivity contribution in [1.82, 2.24) is 4.31 Å². The van der Waals surface area contributed by atoms with Gasteiger partial charge in [0.25, 0.3) is 0 Å². The van der Waals surface area contributed by atoms with Crippen molar-refractivity contribution in [2.45, 2.75) is 51.0 Å². The number of nitrogens with zero attached hydrogens (tertiary/aromatic N) is 1. The van der Waals surface area contributed by atoms with Gasteiger partial charge >= 0.3 is 0 Å². The third-order valence-electron chi connectivity index (χ3n) is 4.44. The number of carbonyl (C=O) groups excluding carboxylic acids is 1. The van der Waals surface area contributed by atoms with Crippen molar-refractivity contribution >= 4 is 21.6 Å². The molecule has 1 amide bonds. The lowest BCUT2D eigenvalue weighted by atomic mass is 10.1. The van der Waals surface area contributed by atoms with Gasteiger partial charge in [-0.3, -0.25) is 4.79 Å². The Morgan fingerprint density at radius 2 is 1.72 bits per heavy atom. The van der Waals surface area contributed by atoms with E-state index in [1.807, 2.05) is 0 Å². The van der Waals surface area contributed by atoms with Crippen molar-refractivity contribution in [1.29, 1.82) is 0 Å². The number of para-hydroxylation sites is 1. The second-order valence-electron chi connectivity index (χ2n) is 6.41. The molecule has 8 heteroatoms. The minimum Gasteiger partial charge on any atom is -0.321 e. The highest BCUT2D eigenvalue weighted by Crippen LogP contribution is 2.24. The van der Waals surface area contributed by atoms with E-state index < -0.39 is 33.3 Å². The predicted octanol–water partition coefficient (Wildman–Crippen LogP) is 3.28. The summed E-state index contributed by atoms with van der Waals surface area (Å²) < 4.78 is 52.7. The van der Waals surface area contributed by atoms with Gasteiger partial charge in [0.2, 0.25) is 15.9 Å². The largest absolute Gasteiger partial charge is 0.321 e. The lowest BCUT2D eigenvalue weighted by Crippen LogP contribution is -2.41. The van der Waals surface area contributed by atoms with Gasteiger partial charge in [0, 0.05) is 19.0 Å². The van der Waals surface area contributed by atoms with Gasteiger partial charge in [-0.25, -0.2) is 17.2 Å². The molecule has 1 fully saturated rings. The Labute approximate surface area is 147 Å². The van der Waals surface area contributed by atoms with Crippen LogP contribution in [0.4, 0.5) is 14.5 Å². The van der Waals surface area contributed by atoms with Crippen LogP contribution >= 0.6 is 0 Å². The first-order valence-corrected chi connectivity index (χ1v) is 10.3. The van der Waals surface area contributed by atoms with Crippen molar-refractivity contribution in [2.24, 2.45) is 0 Å². The average molecular weight is 374 g/mol. The van der Waals surface area contributed by atoms with Crippen LogP contribution in [-0.4, -0.2) is 37.5 Å². The molecule has 0 atom stereocenters. The van der Waals surface area contributed by atoms with Crippen molar-refractivity contribution in [2.75, 3.05) is 18.1 Å². The smallest absolute Gasteiger partial charge is 0.225 e. The Kier molecular flexibility index (Phi) is 6.89. The van der Waals surface area contributed by atoms with Crippen molar-refractivity contribution in [3.05, 3.63) is 29.8 Å². The van der Waals surface area contributed by atoms with Crippen LogP contribution in [-0.2, 0) is 14.8 Å². The predicted molar refractivity (Wildman–Crippen MR) is 92.6 cm³/mol. The molecule has 1 aromatic carbocycles. The Morgan fingerprint density at radius 1 is 1.16 bits per heavy atom. The molecule has 1 aromatic rings. The van der Waals surface area contributed by atoms with Crippen LogP contribution in [0.15, 0.2) is 18.2 Å². The number of halogens is 2. The number of amides is 1. The second-order valence-corrected chi connectivity index (χ2v) is 8.35. The third kappa shape index (κ3) is 5.74. The normalized spacial score (nSPS) is 16.6. The first-order valence-electron chi connectivity index (χ1n) is 8.49. The molecule has 25 heavy (non-hydrogen) atoms. The van der Waals surface area contributed by atoms with Crippen LogP contribution in [0.1, 0.15) is 44.9 Å². The van der Waals surface area contributed by atoms with Crippen molar-refractivity contribution < 1.29 is 22.0 Å². The maximum Gasteiger partial charge on any atom is 0.225 e. The van der Waals surface area contributed by atoms with E-state index in [1.54, 1.807) is 0 Å². The molecule has 1 saturated carbocycles. The molecular weight excluding hydrogens is 350 g/mol. The zero-order valence-corrected chi connectivity index (χ0v) is 15.1. The number of hydrogen-bond donors (Lipinski definition) is 1. The third-order valence-corrected chi connectivity index (χ3v) is 5.78. The molecule has 0 saturated heterocycles. The summed E-state index contributed by atoms with van der Waals surface area (Å²) in [6.07, 6.45) is 6.62. The van der Waals surface area contributed by atoms with Crippen LogP contribution in [0.25, 0.3) is 0 Å². The quantitative estimate of drug-likeness (QED) is 0.777. The molecule has 140 valence electrons. The Bertz CT molecular complexity index is 682. The number of benzene rings is 1. The van der Waals surface area contributed by atoms with Crippen LogP contribution in [0.3, 0.4) is 0 Å².